The molecule has 0 radical (unpaired) electrons. The van der Waals surface area contributed by atoms with Gasteiger partial charge in [0.15, 0.2) is 6.61 Å². The minimum absolute atomic E-state index is 0.122. The molecule has 0 heterocycles. The third-order valence-corrected chi connectivity index (χ3v) is 4.80. The maximum Gasteiger partial charge on any atom is 0.261 e. The van der Waals surface area contributed by atoms with Crippen molar-refractivity contribution in [2.45, 2.75) is 39.8 Å². The number of rotatable bonds is 9. The lowest BCUT2D eigenvalue weighted by Crippen LogP contribution is -2.49. The molecule has 28 heavy (non-hydrogen) atoms. The number of aryl methyl sites for hydroxylation is 1. The Morgan fingerprint density at radius 2 is 1.93 bits per heavy atom. The Morgan fingerprint density at radius 1 is 1.18 bits per heavy atom. The van der Waals surface area contributed by atoms with Gasteiger partial charge in [-0.1, -0.05) is 47.1 Å². The fraction of sp³-hybridized carbons (Fsp3) is 0.364. The molecule has 0 aromatic heterocycles. The Bertz CT molecular complexity index is 810. The fourth-order valence-corrected chi connectivity index (χ4v) is 3.19. The monoisotopic (exact) mass is 446 g/mol. The first kappa shape index (κ1) is 22.0. The highest BCUT2D eigenvalue weighted by atomic mass is 79.9. The van der Waals surface area contributed by atoms with Crippen molar-refractivity contribution >= 4 is 27.7 Å². The van der Waals surface area contributed by atoms with E-state index in [9.17, 15) is 9.59 Å². The van der Waals surface area contributed by atoms with E-state index in [2.05, 4.69) is 21.2 Å². The van der Waals surface area contributed by atoms with Crippen LogP contribution in [0.5, 0.6) is 5.75 Å². The van der Waals surface area contributed by atoms with Crippen molar-refractivity contribution in [2.75, 3.05) is 13.2 Å². The van der Waals surface area contributed by atoms with Crippen LogP contribution in [0.1, 0.15) is 31.4 Å². The van der Waals surface area contributed by atoms with Crippen LogP contribution < -0.4 is 10.1 Å². The molecule has 0 unspecified atom stereocenters. The van der Waals surface area contributed by atoms with Gasteiger partial charge in [0.1, 0.15) is 11.8 Å². The normalized spacial score (nSPS) is 11.6. The van der Waals surface area contributed by atoms with E-state index in [1.807, 2.05) is 62.4 Å². The quantitative estimate of drug-likeness (QED) is 0.630. The SMILES string of the molecule is CCCNC(=O)[C@@H](C)N(Cc1cccc(Br)c1)C(=O)COc1cccc(C)c1. The topological polar surface area (TPSA) is 58.6 Å². The lowest BCUT2D eigenvalue weighted by atomic mass is 10.1. The second kappa shape index (κ2) is 10.9. The molecule has 0 saturated carbocycles. The summed E-state index contributed by atoms with van der Waals surface area (Å²) in [5.41, 5.74) is 2.00. The largest absolute Gasteiger partial charge is 0.484 e. The summed E-state index contributed by atoms with van der Waals surface area (Å²) >= 11 is 3.45. The number of halogens is 1. The van der Waals surface area contributed by atoms with Gasteiger partial charge in [-0.15, -0.1) is 0 Å². The molecule has 0 saturated heterocycles. The Morgan fingerprint density at radius 3 is 2.61 bits per heavy atom. The van der Waals surface area contributed by atoms with Crippen LogP contribution in [0.3, 0.4) is 0 Å². The van der Waals surface area contributed by atoms with Gasteiger partial charge in [0.2, 0.25) is 5.91 Å². The number of carbonyl (C=O) groups is 2. The Kier molecular flexibility index (Phi) is 8.51. The maximum atomic E-state index is 12.9. The van der Waals surface area contributed by atoms with Crippen molar-refractivity contribution in [2.24, 2.45) is 0 Å². The molecule has 0 bridgehead atoms. The van der Waals surface area contributed by atoms with E-state index in [0.717, 1.165) is 22.0 Å². The molecule has 0 aliphatic heterocycles. The average molecular weight is 447 g/mol. The van der Waals surface area contributed by atoms with Crippen LogP contribution >= 0.6 is 15.9 Å². The molecule has 0 aliphatic rings. The predicted octanol–water partition coefficient (Wildman–Crippen LogP) is 4.08. The number of nitrogens with zero attached hydrogens (tertiary/aromatic N) is 1. The molecule has 1 atom stereocenters. The van der Waals surface area contributed by atoms with E-state index in [1.165, 1.54) is 0 Å². The highest BCUT2D eigenvalue weighted by Gasteiger charge is 2.26. The van der Waals surface area contributed by atoms with Crippen LogP contribution in [0.15, 0.2) is 53.0 Å². The molecule has 2 aromatic rings. The van der Waals surface area contributed by atoms with Crippen LogP contribution in [-0.2, 0) is 16.1 Å². The fourth-order valence-electron chi connectivity index (χ4n) is 2.74. The van der Waals surface area contributed by atoms with Crippen molar-refractivity contribution in [1.82, 2.24) is 10.2 Å². The van der Waals surface area contributed by atoms with E-state index in [0.29, 0.717) is 18.8 Å². The molecular formula is C22H27BrN2O3. The summed E-state index contributed by atoms with van der Waals surface area (Å²) in [6.07, 6.45) is 0.842. The number of carbonyl (C=O) groups excluding carboxylic acids is 2. The van der Waals surface area contributed by atoms with Crippen LogP contribution in [0.4, 0.5) is 0 Å². The van der Waals surface area contributed by atoms with Gasteiger partial charge in [0.05, 0.1) is 0 Å². The number of hydrogen-bond acceptors (Lipinski definition) is 3. The summed E-state index contributed by atoms with van der Waals surface area (Å²) in [7, 11) is 0. The van der Waals surface area contributed by atoms with E-state index in [1.54, 1.807) is 11.8 Å². The molecule has 2 aromatic carbocycles. The van der Waals surface area contributed by atoms with Crippen LogP contribution in [0, 0.1) is 6.92 Å². The van der Waals surface area contributed by atoms with Gasteiger partial charge in [-0.3, -0.25) is 9.59 Å². The lowest BCUT2D eigenvalue weighted by Gasteiger charge is -2.28. The summed E-state index contributed by atoms with van der Waals surface area (Å²) in [6.45, 7) is 6.49. The number of benzene rings is 2. The summed E-state index contributed by atoms with van der Waals surface area (Å²) in [6, 6.07) is 14.7. The highest BCUT2D eigenvalue weighted by Crippen LogP contribution is 2.17. The second-order valence-corrected chi connectivity index (χ2v) is 7.64. The molecule has 1 N–H and O–H groups in total. The van der Waals surface area contributed by atoms with Crippen LogP contribution in [0.2, 0.25) is 0 Å². The summed E-state index contributed by atoms with van der Waals surface area (Å²) in [5.74, 6) is 0.236. The first-order valence-corrected chi connectivity index (χ1v) is 10.2. The van der Waals surface area contributed by atoms with Crippen molar-refractivity contribution in [3.05, 3.63) is 64.1 Å². The zero-order valence-corrected chi connectivity index (χ0v) is 18.2. The Labute approximate surface area is 175 Å². The molecule has 6 heteroatoms. The van der Waals surface area contributed by atoms with Crippen molar-refractivity contribution in [3.8, 4) is 5.75 Å². The average Bonchev–Trinajstić information content (AvgIpc) is 2.68. The Balaban J connectivity index is 2.13. The lowest BCUT2D eigenvalue weighted by molar-refractivity contribution is -0.142. The first-order chi connectivity index (χ1) is 13.4. The Hall–Kier alpha value is -2.34. The minimum atomic E-state index is -0.598. The second-order valence-electron chi connectivity index (χ2n) is 6.72. The molecule has 5 nitrogen and oxygen atoms in total. The van der Waals surface area contributed by atoms with Gasteiger partial charge in [-0.05, 0) is 55.7 Å². The molecule has 0 aliphatic carbocycles. The molecule has 2 rings (SSSR count). The zero-order chi connectivity index (χ0) is 20.5. The van der Waals surface area contributed by atoms with Crippen LogP contribution in [-0.4, -0.2) is 35.9 Å². The number of ether oxygens (including phenoxy) is 1. The van der Waals surface area contributed by atoms with E-state index in [4.69, 9.17) is 4.74 Å². The van der Waals surface area contributed by atoms with Gasteiger partial charge in [-0.25, -0.2) is 0 Å². The smallest absolute Gasteiger partial charge is 0.261 e. The van der Waals surface area contributed by atoms with Gasteiger partial charge in [0.25, 0.3) is 5.91 Å². The molecule has 0 spiro atoms. The number of nitrogens with one attached hydrogen (secondary N) is 1. The summed E-state index contributed by atoms with van der Waals surface area (Å²) < 4.78 is 6.60. The molecule has 2 amide bonds. The van der Waals surface area contributed by atoms with Crippen molar-refractivity contribution in [1.29, 1.82) is 0 Å². The number of hydrogen-bond donors (Lipinski definition) is 1. The molecular weight excluding hydrogens is 420 g/mol. The third-order valence-electron chi connectivity index (χ3n) is 4.31. The highest BCUT2D eigenvalue weighted by molar-refractivity contribution is 9.10. The maximum absolute atomic E-state index is 12.9. The first-order valence-electron chi connectivity index (χ1n) is 9.41. The molecule has 150 valence electrons. The molecule has 0 fully saturated rings. The predicted molar refractivity (Wildman–Crippen MR) is 114 cm³/mol. The standard InChI is InChI=1S/C22H27BrN2O3/c1-4-11-24-22(27)17(3)25(14-18-8-6-9-19(23)13-18)21(26)15-28-20-10-5-7-16(2)12-20/h5-10,12-13,17H,4,11,14-15H2,1-3H3,(H,24,27)/t17-/m1/s1. The van der Waals surface area contributed by atoms with Gasteiger partial charge < -0.3 is 15.0 Å². The summed E-state index contributed by atoms with van der Waals surface area (Å²) in [5, 5.41) is 2.86. The zero-order valence-electron chi connectivity index (χ0n) is 16.6. The van der Waals surface area contributed by atoms with Gasteiger partial charge >= 0.3 is 0 Å². The number of amides is 2. The van der Waals surface area contributed by atoms with Gasteiger partial charge in [-0.2, -0.15) is 0 Å². The van der Waals surface area contributed by atoms with Gasteiger partial charge in [0, 0.05) is 17.6 Å². The van der Waals surface area contributed by atoms with E-state index >= 15 is 0 Å². The van der Waals surface area contributed by atoms with Crippen molar-refractivity contribution in [3.63, 3.8) is 0 Å². The van der Waals surface area contributed by atoms with Crippen LogP contribution in [0.25, 0.3) is 0 Å². The minimum Gasteiger partial charge on any atom is -0.484 e. The van der Waals surface area contributed by atoms with E-state index < -0.39 is 6.04 Å². The third kappa shape index (κ3) is 6.68. The van der Waals surface area contributed by atoms with E-state index in [-0.39, 0.29) is 18.4 Å². The van der Waals surface area contributed by atoms with Crippen molar-refractivity contribution < 1.29 is 14.3 Å². The summed E-state index contributed by atoms with van der Waals surface area (Å²) in [4.78, 5) is 26.9.